The van der Waals surface area contributed by atoms with Gasteiger partial charge in [0.05, 0.1) is 5.69 Å². The first-order valence-corrected chi connectivity index (χ1v) is 8.78. The predicted octanol–water partition coefficient (Wildman–Crippen LogP) is 3.49. The average Bonchev–Trinajstić information content (AvgIpc) is 3.29. The van der Waals surface area contributed by atoms with E-state index in [4.69, 9.17) is 0 Å². The molecule has 27 heavy (non-hydrogen) atoms. The van der Waals surface area contributed by atoms with Crippen LogP contribution >= 0.6 is 11.5 Å². The highest BCUT2D eigenvalue weighted by molar-refractivity contribution is 7.10. The third-order valence-corrected chi connectivity index (χ3v) is 4.50. The molecule has 0 spiro atoms. The van der Waals surface area contributed by atoms with Crippen molar-refractivity contribution in [3.05, 3.63) is 71.7 Å². The van der Waals surface area contributed by atoms with Gasteiger partial charge in [-0.3, -0.25) is 10.1 Å². The Hall–Kier alpha value is -3.46. The predicted molar refractivity (Wildman–Crippen MR) is 99.4 cm³/mol. The highest BCUT2D eigenvalue weighted by Gasteiger charge is 2.19. The quantitative estimate of drug-likeness (QED) is 0.586. The fraction of sp³-hybridized carbons (Fsp3) is 0.0556. The van der Waals surface area contributed by atoms with Gasteiger partial charge in [-0.25, -0.2) is 9.07 Å². The minimum absolute atomic E-state index is 0.273. The Morgan fingerprint density at radius 2 is 1.85 bits per heavy atom. The smallest absolute Gasteiger partial charge is 0.257 e. The summed E-state index contributed by atoms with van der Waals surface area (Å²) < 4.78 is 19.6. The molecule has 2 aromatic heterocycles. The number of benzene rings is 2. The van der Waals surface area contributed by atoms with Crippen molar-refractivity contribution in [1.29, 1.82) is 0 Å². The van der Waals surface area contributed by atoms with Crippen LogP contribution < -0.4 is 5.32 Å². The number of para-hydroxylation sites is 1. The zero-order valence-electron chi connectivity index (χ0n) is 14.1. The van der Waals surface area contributed by atoms with Crippen LogP contribution in [-0.2, 0) is 0 Å². The van der Waals surface area contributed by atoms with E-state index in [2.05, 4.69) is 25.0 Å². The molecule has 0 bridgehead atoms. The van der Waals surface area contributed by atoms with Crippen molar-refractivity contribution in [2.45, 2.75) is 6.92 Å². The minimum Gasteiger partial charge on any atom is -0.297 e. The maximum absolute atomic E-state index is 14.0. The SMILES string of the molecule is Cc1c(-c2nsc(NC(=O)c3ccccc3)n2)nnn1-c1ccccc1F. The summed E-state index contributed by atoms with van der Waals surface area (Å²) in [7, 11) is 0. The van der Waals surface area contributed by atoms with Crippen molar-refractivity contribution in [2.24, 2.45) is 0 Å². The number of carbonyl (C=O) groups excluding carboxylic acids is 1. The number of amides is 1. The summed E-state index contributed by atoms with van der Waals surface area (Å²) in [5.41, 5.74) is 1.84. The Kier molecular flexibility index (Phi) is 4.43. The molecule has 0 radical (unpaired) electrons. The van der Waals surface area contributed by atoms with Crippen LogP contribution in [0.25, 0.3) is 17.2 Å². The summed E-state index contributed by atoms with van der Waals surface area (Å²) in [5.74, 6) is -0.354. The summed E-state index contributed by atoms with van der Waals surface area (Å²) in [6.45, 7) is 1.75. The Labute approximate surface area is 157 Å². The highest BCUT2D eigenvalue weighted by atomic mass is 32.1. The third kappa shape index (κ3) is 3.32. The number of aromatic nitrogens is 5. The van der Waals surface area contributed by atoms with Crippen LogP contribution in [0.5, 0.6) is 0 Å². The number of nitrogens with one attached hydrogen (secondary N) is 1. The Morgan fingerprint density at radius 3 is 2.63 bits per heavy atom. The van der Waals surface area contributed by atoms with Crippen LogP contribution in [-0.4, -0.2) is 30.3 Å². The third-order valence-electron chi connectivity index (χ3n) is 3.87. The molecule has 2 heterocycles. The molecule has 0 atom stereocenters. The maximum Gasteiger partial charge on any atom is 0.257 e. The lowest BCUT2D eigenvalue weighted by Crippen LogP contribution is -2.11. The molecule has 0 unspecified atom stereocenters. The average molecular weight is 380 g/mol. The van der Waals surface area contributed by atoms with Crippen LogP contribution in [0.15, 0.2) is 54.6 Å². The second-order valence-electron chi connectivity index (χ2n) is 5.63. The van der Waals surface area contributed by atoms with Gasteiger partial charge in [-0.05, 0) is 31.2 Å². The molecule has 4 rings (SSSR count). The van der Waals surface area contributed by atoms with Gasteiger partial charge in [0.2, 0.25) is 5.13 Å². The van der Waals surface area contributed by atoms with E-state index in [0.717, 1.165) is 11.5 Å². The van der Waals surface area contributed by atoms with Crippen molar-refractivity contribution >= 4 is 22.6 Å². The molecular formula is C18H13FN6OS. The molecule has 134 valence electrons. The largest absolute Gasteiger partial charge is 0.297 e. The Balaban J connectivity index is 1.59. The molecule has 1 N–H and O–H groups in total. The van der Waals surface area contributed by atoms with Crippen LogP contribution in [0.3, 0.4) is 0 Å². The summed E-state index contributed by atoms with van der Waals surface area (Å²) in [4.78, 5) is 16.5. The number of rotatable bonds is 4. The summed E-state index contributed by atoms with van der Waals surface area (Å²) in [5, 5.41) is 11.1. The van der Waals surface area contributed by atoms with Gasteiger partial charge in [0.15, 0.2) is 11.5 Å². The van der Waals surface area contributed by atoms with Crippen molar-refractivity contribution in [3.63, 3.8) is 0 Å². The Morgan fingerprint density at radius 1 is 1.11 bits per heavy atom. The first-order valence-electron chi connectivity index (χ1n) is 8.01. The monoisotopic (exact) mass is 380 g/mol. The lowest BCUT2D eigenvalue weighted by Gasteiger charge is -2.03. The van der Waals surface area contributed by atoms with Gasteiger partial charge in [-0.1, -0.05) is 35.5 Å². The second kappa shape index (κ2) is 7.04. The molecular weight excluding hydrogens is 367 g/mol. The standard InChI is InChI=1S/C18H13FN6OS/c1-11-15(22-24-25(11)14-10-6-5-9-13(14)19)16-20-18(27-23-16)21-17(26)12-7-3-2-4-8-12/h2-10H,1H3,(H,20,21,23,26). The van der Waals surface area contributed by atoms with Crippen molar-refractivity contribution < 1.29 is 9.18 Å². The number of halogens is 1. The van der Waals surface area contributed by atoms with Crippen molar-refractivity contribution in [3.8, 4) is 17.2 Å². The maximum atomic E-state index is 14.0. The molecule has 4 aromatic rings. The van der Waals surface area contributed by atoms with E-state index in [0.29, 0.717) is 33.6 Å². The van der Waals surface area contributed by atoms with E-state index >= 15 is 0 Å². The molecule has 7 nitrogen and oxygen atoms in total. The lowest BCUT2D eigenvalue weighted by molar-refractivity contribution is 0.102. The topological polar surface area (TPSA) is 85.6 Å². The van der Waals surface area contributed by atoms with Crippen LogP contribution in [0.2, 0.25) is 0 Å². The number of hydrogen-bond acceptors (Lipinski definition) is 6. The van der Waals surface area contributed by atoms with Gasteiger partial charge in [0.25, 0.3) is 5.91 Å². The van der Waals surface area contributed by atoms with Crippen LogP contribution in [0.1, 0.15) is 16.1 Å². The normalized spacial score (nSPS) is 10.7. The van der Waals surface area contributed by atoms with Crippen LogP contribution in [0, 0.1) is 12.7 Å². The minimum atomic E-state index is -0.404. The molecule has 9 heteroatoms. The van der Waals surface area contributed by atoms with Gasteiger partial charge >= 0.3 is 0 Å². The molecule has 0 saturated heterocycles. The Bertz CT molecular complexity index is 1110. The molecule has 0 aliphatic rings. The molecule has 1 amide bonds. The summed E-state index contributed by atoms with van der Waals surface area (Å²) >= 11 is 1.04. The van der Waals surface area contributed by atoms with E-state index < -0.39 is 5.82 Å². The van der Waals surface area contributed by atoms with Crippen molar-refractivity contribution in [1.82, 2.24) is 24.4 Å². The van der Waals surface area contributed by atoms with Gasteiger partial charge in [-0.15, -0.1) is 5.10 Å². The van der Waals surface area contributed by atoms with E-state index in [1.807, 2.05) is 6.07 Å². The number of nitrogens with zero attached hydrogens (tertiary/aromatic N) is 5. The summed E-state index contributed by atoms with van der Waals surface area (Å²) in [6.07, 6.45) is 0. The first-order chi connectivity index (χ1) is 13.1. The number of hydrogen-bond donors (Lipinski definition) is 1. The molecule has 0 saturated carbocycles. The van der Waals surface area contributed by atoms with Crippen molar-refractivity contribution in [2.75, 3.05) is 5.32 Å². The molecule has 0 aliphatic heterocycles. The summed E-state index contributed by atoms with van der Waals surface area (Å²) in [6, 6.07) is 15.1. The molecule has 0 aliphatic carbocycles. The fourth-order valence-electron chi connectivity index (χ4n) is 2.52. The zero-order valence-corrected chi connectivity index (χ0v) is 14.9. The van der Waals surface area contributed by atoms with E-state index in [1.165, 1.54) is 10.7 Å². The second-order valence-corrected chi connectivity index (χ2v) is 6.38. The van der Waals surface area contributed by atoms with Gasteiger partial charge in [0.1, 0.15) is 11.5 Å². The lowest BCUT2D eigenvalue weighted by atomic mass is 10.2. The molecule has 0 fully saturated rings. The first kappa shape index (κ1) is 17.0. The van der Waals surface area contributed by atoms with Gasteiger partial charge in [0, 0.05) is 17.1 Å². The zero-order chi connectivity index (χ0) is 18.8. The van der Waals surface area contributed by atoms with E-state index in [9.17, 15) is 9.18 Å². The highest BCUT2D eigenvalue weighted by Crippen LogP contribution is 2.24. The van der Waals surface area contributed by atoms with E-state index in [-0.39, 0.29) is 5.91 Å². The number of anilines is 1. The van der Waals surface area contributed by atoms with Gasteiger partial charge < -0.3 is 0 Å². The fourth-order valence-corrected chi connectivity index (χ4v) is 3.08. The number of carbonyl (C=O) groups is 1. The van der Waals surface area contributed by atoms with E-state index in [1.54, 1.807) is 49.4 Å². The van der Waals surface area contributed by atoms with Gasteiger partial charge in [-0.2, -0.15) is 9.36 Å². The molecule has 2 aromatic carbocycles. The van der Waals surface area contributed by atoms with Crippen LogP contribution in [0.4, 0.5) is 9.52 Å².